The number of amides is 1. The van der Waals surface area contributed by atoms with Crippen molar-refractivity contribution < 1.29 is 4.79 Å². The molecule has 6 heteroatoms. The molecule has 1 aliphatic rings. The first-order chi connectivity index (χ1) is 8.67. The number of nitrogen functional groups attached to an aromatic ring is 1. The van der Waals surface area contributed by atoms with Crippen molar-refractivity contribution in [3.05, 3.63) is 5.56 Å². The van der Waals surface area contributed by atoms with E-state index >= 15 is 0 Å². The summed E-state index contributed by atoms with van der Waals surface area (Å²) in [4.78, 5) is 14.1. The average molecular weight is 268 g/mol. The van der Waals surface area contributed by atoms with Crippen LogP contribution >= 0.6 is 11.5 Å². The predicted octanol–water partition coefficient (Wildman–Crippen LogP) is 1.71. The van der Waals surface area contributed by atoms with Crippen molar-refractivity contribution in [1.82, 2.24) is 9.69 Å². The Morgan fingerprint density at radius 1 is 1.61 bits per heavy atom. The van der Waals surface area contributed by atoms with E-state index in [4.69, 9.17) is 5.73 Å². The zero-order chi connectivity index (χ0) is 13.1. The Labute approximate surface area is 112 Å². The van der Waals surface area contributed by atoms with Crippen LogP contribution in [0.25, 0.3) is 0 Å². The van der Waals surface area contributed by atoms with E-state index in [2.05, 4.69) is 21.5 Å². The van der Waals surface area contributed by atoms with Crippen molar-refractivity contribution >= 4 is 28.3 Å². The van der Waals surface area contributed by atoms with Crippen molar-refractivity contribution in [2.45, 2.75) is 26.2 Å². The lowest BCUT2D eigenvalue weighted by Crippen LogP contribution is -2.33. The molecule has 1 amide bonds. The van der Waals surface area contributed by atoms with E-state index in [1.54, 1.807) is 7.05 Å². The minimum atomic E-state index is -0.150. The fraction of sp³-hybridized carbons (Fsp3) is 0.667. The van der Waals surface area contributed by atoms with Crippen LogP contribution in [0.1, 0.15) is 36.5 Å². The summed E-state index contributed by atoms with van der Waals surface area (Å²) in [5.41, 5.74) is 6.33. The summed E-state index contributed by atoms with van der Waals surface area (Å²) in [7, 11) is 1.62. The first-order valence-electron chi connectivity index (χ1n) is 6.39. The van der Waals surface area contributed by atoms with Gasteiger partial charge >= 0.3 is 0 Å². The van der Waals surface area contributed by atoms with Crippen LogP contribution in [0.2, 0.25) is 0 Å². The summed E-state index contributed by atoms with van der Waals surface area (Å²) < 4.78 is 4.12. The normalized spacial score (nSPS) is 15.2. The molecule has 0 atom stereocenters. The molecule has 1 saturated carbocycles. The second-order valence-electron chi connectivity index (χ2n) is 4.66. The SMILES string of the molecule is CCN(CC1CCC1)c1snc(N)c1C(=O)NC. The maximum absolute atomic E-state index is 11.9. The number of hydrogen-bond acceptors (Lipinski definition) is 5. The standard InChI is InChI=1S/C12H20N4OS/c1-3-16(7-8-5-4-6-8)12-9(11(17)14-2)10(13)15-18-12/h8H,3-7H2,1-2H3,(H2,13,15)(H,14,17). The van der Waals surface area contributed by atoms with Crippen LogP contribution in [-0.4, -0.2) is 30.4 Å². The molecule has 1 fully saturated rings. The summed E-state index contributed by atoms with van der Waals surface area (Å²) in [6.07, 6.45) is 3.91. The Morgan fingerprint density at radius 3 is 2.83 bits per heavy atom. The smallest absolute Gasteiger partial charge is 0.257 e. The molecule has 0 saturated heterocycles. The minimum Gasteiger partial charge on any atom is -0.382 e. The Kier molecular flexibility index (Phi) is 4.06. The number of carbonyl (C=O) groups excluding carboxylic acids is 1. The van der Waals surface area contributed by atoms with Gasteiger partial charge in [-0.3, -0.25) is 4.79 Å². The van der Waals surface area contributed by atoms with Crippen LogP contribution in [0.4, 0.5) is 10.8 Å². The number of nitrogens with zero attached hydrogens (tertiary/aromatic N) is 2. The van der Waals surface area contributed by atoms with Crippen molar-refractivity contribution in [1.29, 1.82) is 0 Å². The molecule has 0 spiro atoms. The first-order valence-corrected chi connectivity index (χ1v) is 7.16. The fourth-order valence-electron chi connectivity index (χ4n) is 2.19. The van der Waals surface area contributed by atoms with E-state index in [-0.39, 0.29) is 5.91 Å². The van der Waals surface area contributed by atoms with Crippen LogP contribution in [-0.2, 0) is 0 Å². The zero-order valence-corrected chi connectivity index (χ0v) is 11.7. The molecule has 2 rings (SSSR count). The molecule has 18 heavy (non-hydrogen) atoms. The number of nitrogens with one attached hydrogen (secondary N) is 1. The number of carbonyl (C=O) groups is 1. The number of nitrogens with two attached hydrogens (primary N) is 1. The summed E-state index contributed by atoms with van der Waals surface area (Å²) in [6, 6.07) is 0. The molecule has 1 aliphatic carbocycles. The molecule has 1 aromatic heterocycles. The molecule has 1 heterocycles. The van der Waals surface area contributed by atoms with E-state index in [9.17, 15) is 4.79 Å². The quantitative estimate of drug-likeness (QED) is 0.853. The second-order valence-corrected chi connectivity index (χ2v) is 5.41. The highest BCUT2D eigenvalue weighted by molar-refractivity contribution is 7.11. The maximum atomic E-state index is 11.9. The van der Waals surface area contributed by atoms with Gasteiger partial charge in [0.25, 0.3) is 5.91 Å². The lowest BCUT2D eigenvalue weighted by molar-refractivity contribution is 0.0964. The summed E-state index contributed by atoms with van der Waals surface area (Å²) >= 11 is 1.32. The van der Waals surface area contributed by atoms with E-state index in [0.29, 0.717) is 11.4 Å². The van der Waals surface area contributed by atoms with Crippen molar-refractivity contribution in [2.24, 2.45) is 5.92 Å². The van der Waals surface area contributed by atoms with Gasteiger partial charge in [0.05, 0.1) is 0 Å². The van der Waals surface area contributed by atoms with Crippen molar-refractivity contribution in [3.8, 4) is 0 Å². The Balaban J connectivity index is 2.21. The molecule has 0 aliphatic heterocycles. The monoisotopic (exact) mass is 268 g/mol. The summed E-state index contributed by atoms with van der Waals surface area (Å²) in [6.45, 7) is 3.98. The number of hydrogen-bond donors (Lipinski definition) is 2. The fourth-order valence-corrected chi connectivity index (χ4v) is 3.07. The average Bonchev–Trinajstić information content (AvgIpc) is 2.69. The maximum Gasteiger partial charge on any atom is 0.257 e. The molecule has 5 nitrogen and oxygen atoms in total. The molecule has 0 unspecified atom stereocenters. The van der Waals surface area contributed by atoms with Gasteiger partial charge in [0, 0.05) is 20.1 Å². The Hall–Kier alpha value is -1.30. The highest BCUT2D eigenvalue weighted by atomic mass is 32.1. The van der Waals surface area contributed by atoms with Gasteiger partial charge in [-0.25, -0.2) is 0 Å². The molecular weight excluding hydrogens is 248 g/mol. The Morgan fingerprint density at radius 2 is 2.33 bits per heavy atom. The van der Waals surface area contributed by atoms with Gasteiger partial charge in [0.1, 0.15) is 10.6 Å². The predicted molar refractivity (Wildman–Crippen MR) is 75.1 cm³/mol. The van der Waals surface area contributed by atoms with Crippen LogP contribution in [0.3, 0.4) is 0 Å². The van der Waals surface area contributed by atoms with E-state index in [1.165, 1.54) is 30.8 Å². The molecule has 0 bridgehead atoms. The van der Waals surface area contributed by atoms with Gasteiger partial charge in [-0.05, 0) is 37.2 Å². The van der Waals surface area contributed by atoms with Crippen LogP contribution in [0, 0.1) is 5.92 Å². The molecule has 100 valence electrons. The highest BCUT2D eigenvalue weighted by Crippen LogP contribution is 2.34. The lowest BCUT2D eigenvalue weighted by Gasteiger charge is -2.32. The van der Waals surface area contributed by atoms with E-state index < -0.39 is 0 Å². The van der Waals surface area contributed by atoms with Crippen LogP contribution in [0.15, 0.2) is 0 Å². The Bertz CT molecular complexity index is 428. The van der Waals surface area contributed by atoms with Crippen molar-refractivity contribution in [3.63, 3.8) is 0 Å². The summed E-state index contributed by atoms with van der Waals surface area (Å²) in [5.74, 6) is 0.940. The molecule has 0 radical (unpaired) electrons. The largest absolute Gasteiger partial charge is 0.382 e. The lowest BCUT2D eigenvalue weighted by atomic mass is 9.85. The van der Waals surface area contributed by atoms with Gasteiger partial charge in [0.15, 0.2) is 5.82 Å². The van der Waals surface area contributed by atoms with Crippen LogP contribution in [0.5, 0.6) is 0 Å². The van der Waals surface area contributed by atoms with Gasteiger partial charge in [0.2, 0.25) is 0 Å². The molecule has 3 N–H and O–H groups in total. The second kappa shape index (κ2) is 5.56. The van der Waals surface area contributed by atoms with Crippen LogP contribution < -0.4 is 16.0 Å². The van der Waals surface area contributed by atoms with Gasteiger partial charge in [-0.2, -0.15) is 4.37 Å². The summed E-state index contributed by atoms with van der Waals surface area (Å²) in [5, 5.41) is 3.53. The molecule has 0 aromatic carbocycles. The highest BCUT2D eigenvalue weighted by Gasteiger charge is 2.26. The minimum absolute atomic E-state index is 0.150. The number of rotatable bonds is 5. The third-order valence-corrected chi connectivity index (χ3v) is 4.45. The van der Waals surface area contributed by atoms with E-state index in [0.717, 1.165) is 24.0 Å². The number of anilines is 2. The third-order valence-electron chi connectivity index (χ3n) is 3.53. The van der Waals surface area contributed by atoms with Gasteiger partial charge < -0.3 is 16.0 Å². The zero-order valence-electron chi connectivity index (χ0n) is 10.9. The molecule has 1 aromatic rings. The van der Waals surface area contributed by atoms with Gasteiger partial charge in [-0.1, -0.05) is 6.42 Å². The van der Waals surface area contributed by atoms with E-state index in [1.807, 2.05) is 0 Å². The number of aromatic nitrogens is 1. The third kappa shape index (κ3) is 2.43. The molecular formula is C12H20N4OS. The topological polar surface area (TPSA) is 71.2 Å². The van der Waals surface area contributed by atoms with Gasteiger partial charge in [-0.15, -0.1) is 0 Å². The first kappa shape index (κ1) is 13.1. The van der Waals surface area contributed by atoms with Crippen molar-refractivity contribution in [2.75, 3.05) is 30.8 Å².